The molecule has 4 aromatic carbocycles. The molecule has 0 spiro atoms. The molecule has 148 valence electrons. The van der Waals surface area contributed by atoms with E-state index in [4.69, 9.17) is 4.74 Å². The Morgan fingerprint density at radius 2 is 1.50 bits per heavy atom. The van der Waals surface area contributed by atoms with Crippen molar-refractivity contribution in [3.05, 3.63) is 102 Å². The van der Waals surface area contributed by atoms with Gasteiger partial charge in [0.25, 0.3) is 5.91 Å². The monoisotopic (exact) mass is 412 g/mol. The summed E-state index contributed by atoms with van der Waals surface area (Å²) in [5.41, 5.74) is 3.93. The van der Waals surface area contributed by atoms with E-state index in [0.717, 1.165) is 21.2 Å². The highest BCUT2D eigenvalue weighted by Crippen LogP contribution is 2.27. The average Bonchev–Trinajstić information content (AvgIpc) is 2.80. The Labute approximate surface area is 179 Å². The number of nitrogens with zero attached hydrogens (tertiary/aromatic N) is 1. The van der Waals surface area contributed by atoms with Gasteiger partial charge in [-0.2, -0.15) is 5.10 Å². The summed E-state index contributed by atoms with van der Waals surface area (Å²) < 4.78 is 5.39. The lowest BCUT2D eigenvalue weighted by Crippen LogP contribution is -2.18. The number of carbonyl (C=O) groups is 1. The van der Waals surface area contributed by atoms with Gasteiger partial charge in [-0.25, -0.2) is 5.43 Å². The van der Waals surface area contributed by atoms with E-state index in [1.54, 1.807) is 25.1 Å². The largest absolute Gasteiger partial charge is 0.496 e. The number of hydrazone groups is 1. The van der Waals surface area contributed by atoms with E-state index in [1.807, 2.05) is 78.9 Å². The standard InChI is InChI=1S/C25H20N2O2S/c1-29-24-16-20-8-6-5-7-19(20)15-23(24)25(28)27-26-17-18-11-13-22(14-12-18)30-21-9-3-2-4-10-21/h2-17H,1H3,(H,27,28)/b26-17-. The number of nitrogens with one attached hydrogen (secondary N) is 1. The maximum absolute atomic E-state index is 12.6. The van der Waals surface area contributed by atoms with Crippen LogP contribution in [0.2, 0.25) is 0 Å². The molecular formula is C25H20N2O2S. The van der Waals surface area contributed by atoms with Crippen LogP contribution in [0.5, 0.6) is 5.75 Å². The summed E-state index contributed by atoms with van der Waals surface area (Å²) >= 11 is 1.70. The fourth-order valence-electron chi connectivity index (χ4n) is 3.04. The third-order valence-corrected chi connectivity index (χ3v) is 5.57. The van der Waals surface area contributed by atoms with E-state index in [9.17, 15) is 4.79 Å². The number of amides is 1. The predicted molar refractivity (Wildman–Crippen MR) is 123 cm³/mol. The van der Waals surface area contributed by atoms with Crippen molar-refractivity contribution in [2.45, 2.75) is 9.79 Å². The minimum atomic E-state index is -0.315. The van der Waals surface area contributed by atoms with E-state index in [-0.39, 0.29) is 5.91 Å². The Morgan fingerprint density at radius 1 is 0.867 bits per heavy atom. The Balaban J connectivity index is 1.43. The first-order chi connectivity index (χ1) is 14.7. The van der Waals surface area contributed by atoms with Crippen molar-refractivity contribution in [2.75, 3.05) is 7.11 Å². The predicted octanol–water partition coefficient (Wildman–Crippen LogP) is 5.76. The number of rotatable bonds is 6. The minimum absolute atomic E-state index is 0.315. The first-order valence-electron chi connectivity index (χ1n) is 9.46. The van der Waals surface area contributed by atoms with Crippen LogP contribution in [-0.4, -0.2) is 19.2 Å². The second-order valence-electron chi connectivity index (χ2n) is 6.58. The summed E-state index contributed by atoms with van der Waals surface area (Å²) in [4.78, 5) is 14.9. The number of fused-ring (bicyclic) bond motifs is 1. The molecule has 1 N–H and O–H groups in total. The second-order valence-corrected chi connectivity index (χ2v) is 7.73. The summed E-state index contributed by atoms with van der Waals surface area (Å²) in [6.45, 7) is 0. The van der Waals surface area contributed by atoms with Crippen molar-refractivity contribution in [1.82, 2.24) is 5.43 Å². The molecule has 0 atom stereocenters. The van der Waals surface area contributed by atoms with Crippen LogP contribution in [0.1, 0.15) is 15.9 Å². The molecule has 1 amide bonds. The van der Waals surface area contributed by atoms with Crippen LogP contribution in [0.3, 0.4) is 0 Å². The minimum Gasteiger partial charge on any atom is -0.496 e. The van der Waals surface area contributed by atoms with Gasteiger partial charge in [-0.1, -0.05) is 66.4 Å². The zero-order valence-corrected chi connectivity index (χ0v) is 17.2. The molecule has 0 aromatic heterocycles. The number of ether oxygens (including phenoxy) is 1. The van der Waals surface area contributed by atoms with Crippen LogP contribution in [0, 0.1) is 0 Å². The van der Waals surface area contributed by atoms with Crippen molar-refractivity contribution >= 4 is 34.7 Å². The fourth-order valence-corrected chi connectivity index (χ4v) is 3.88. The summed E-state index contributed by atoms with van der Waals surface area (Å²) in [5, 5.41) is 6.09. The van der Waals surface area contributed by atoms with Crippen LogP contribution in [0.25, 0.3) is 10.8 Å². The topological polar surface area (TPSA) is 50.7 Å². The van der Waals surface area contributed by atoms with E-state index < -0.39 is 0 Å². The van der Waals surface area contributed by atoms with Crippen molar-refractivity contribution in [1.29, 1.82) is 0 Å². The highest BCUT2D eigenvalue weighted by Gasteiger charge is 2.13. The first-order valence-corrected chi connectivity index (χ1v) is 10.3. The molecule has 0 aliphatic carbocycles. The Bertz CT molecular complexity index is 1190. The molecule has 0 saturated heterocycles. The van der Waals surface area contributed by atoms with Crippen molar-refractivity contribution in [3.8, 4) is 5.75 Å². The van der Waals surface area contributed by atoms with Gasteiger partial charge in [0.15, 0.2) is 0 Å². The van der Waals surface area contributed by atoms with Crippen molar-refractivity contribution < 1.29 is 9.53 Å². The SMILES string of the molecule is COc1cc2ccccc2cc1C(=O)N/N=C\c1ccc(Sc2ccccc2)cc1. The van der Waals surface area contributed by atoms with E-state index in [1.165, 1.54) is 4.90 Å². The molecule has 0 heterocycles. The average molecular weight is 413 g/mol. The van der Waals surface area contributed by atoms with Gasteiger partial charge in [0.05, 0.1) is 18.9 Å². The van der Waals surface area contributed by atoms with Gasteiger partial charge in [-0.05, 0) is 52.7 Å². The van der Waals surface area contributed by atoms with Crippen molar-refractivity contribution in [3.63, 3.8) is 0 Å². The molecule has 4 nitrogen and oxygen atoms in total. The van der Waals surface area contributed by atoms with Gasteiger partial charge in [-0.3, -0.25) is 4.79 Å². The molecule has 0 saturated carbocycles. The van der Waals surface area contributed by atoms with Crippen LogP contribution in [0.15, 0.2) is 106 Å². The van der Waals surface area contributed by atoms with Crippen LogP contribution < -0.4 is 10.2 Å². The normalized spacial score (nSPS) is 11.0. The molecule has 5 heteroatoms. The number of benzene rings is 4. The zero-order chi connectivity index (χ0) is 20.8. The quantitative estimate of drug-likeness (QED) is 0.323. The number of methoxy groups -OCH3 is 1. The lowest BCUT2D eigenvalue weighted by atomic mass is 10.1. The molecular weight excluding hydrogens is 392 g/mol. The molecule has 0 unspecified atom stereocenters. The third kappa shape index (κ3) is 4.70. The summed E-state index contributed by atoms with van der Waals surface area (Å²) in [6.07, 6.45) is 1.63. The zero-order valence-electron chi connectivity index (χ0n) is 16.4. The molecule has 0 fully saturated rings. The smallest absolute Gasteiger partial charge is 0.275 e. The molecule has 0 aliphatic rings. The molecule has 30 heavy (non-hydrogen) atoms. The summed E-state index contributed by atoms with van der Waals surface area (Å²) in [6, 6.07) is 29.7. The van der Waals surface area contributed by atoms with Crippen LogP contribution >= 0.6 is 11.8 Å². The van der Waals surface area contributed by atoms with Gasteiger partial charge in [0, 0.05) is 9.79 Å². The van der Waals surface area contributed by atoms with Gasteiger partial charge in [-0.15, -0.1) is 0 Å². The van der Waals surface area contributed by atoms with Crippen LogP contribution in [0.4, 0.5) is 0 Å². The molecule has 0 radical (unpaired) electrons. The number of hydrogen-bond donors (Lipinski definition) is 1. The van der Waals surface area contributed by atoms with Gasteiger partial charge in [0.1, 0.15) is 5.75 Å². The van der Waals surface area contributed by atoms with Gasteiger partial charge < -0.3 is 4.74 Å². The molecule has 0 aliphatic heterocycles. The summed E-state index contributed by atoms with van der Waals surface area (Å²) in [7, 11) is 1.55. The highest BCUT2D eigenvalue weighted by atomic mass is 32.2. The highest BCUT2D eigenvalue weighted by molar-refractivity contribution is 7.99. The second kappa shape index (κ2) is 9.29. The van der Waals surface area contributed by atoms with Gasteiger partial charge >= 0.3 is 0 Å². The third-order valence-electron chi connectivity index (χ3n) is 4.55. The molecule has 0 bridgehead atoms. The fraction of sp³-hybridized carbons (Fsp3) is 0.0400. The van der Waals surface area contributed by atoms with E-state index in [0.29, 0.717) is 11.3 Å². The van der Waals surface area contributed by atoms with Gasteiger partial charge in [0.2, 0.25) is 0 Å². The molecule has 4 rings (SSSR count). The lowest BCUT2D eigenvalue weighted by molar-refractivity contribution is 0.0952. The van der Waals surface area contributed by atoms with E-state index in [2.05, 4.69) is 22.7 Å². The Kier molecular flexibility index (Phi) is 6.11. The maximum atomic E-state index is 12.6. The lowest BCUT2D eigenvalue weighted by Gasteiger charge is -2.09. The Morgan fingerprint density at radius 3 is 2.20 bits per heavy atom. The maximum Gasteiger partial charge on any atom is 0.275 e. The summed E-state index contributed by atoms with van der Waals surface area (Å²) in [5.74, 6) is 0.203. The first kappa shape index (κ1) is 19.7. The van der Waals surface area contributed by atoms with Crippen LogP contribution in [-0.2, 0) is 0 Å². The number of hydrogen-bond acceptors (Lipinski definition) is 4. The van der Waals surface area contributed by atoms with E-state index >= 15 is 0 Å². The number of carbonyl (C=O) groups excluding carboxylic acids is 1. The Hall–Kier alpha value is -3.57. The van der Waals surface area contributed by atoms with Crippen molar-refractivity contribution in [2.24, 2.45) is 5.10 Å². The molecule has 4 aromatic rings.